The molecule has 3 rings (SSSR count). The highest BCUT2D eigenvalue weighted by atomic mass is 35.5. The predicted molar refractivity (Wildman–Crippen MR) is 113 cm³/mol. The van der Waals surface area contributed by atoms with Gasteiger partial charge in [0.15, 0.2) is 0 Å². The van der Waals surface area contributed by atoms with Crippen molar-refractivity contribution in [3.05, 3.63) is 63.6 Å². The normalized spacial score (nSPS) is 16.1. The van der Waals surface area contributed by atoms with Crippen LogP contribution in [-0.4, -0.2) is 36.0 Å². The lowest BCUT2D eigenvalue weighted by Gasteiger charge is -2.24. The summed E-state index contributed by atoms with van der Waals surface area (Å²) in [7, 11) is 0. The summed E-state index contributed by atoms with van der Waals surface area (Å²) in [6.07, 6.45) is 2.07. The standard InChI is InChI=1S/C21H23Cl2N3O2/c1-14-4-8-17(9-5-14)25-21(28)26-12-2-3-19(26)20(27)24-11-10-15-6-7-16(22)13-18(15)23/h4-9,13,19H,2-3,10-12H2,1H3,(H,24,27)(H,25,28). The van der Waals surface area contributed by atoms with Crippen molar-refractivity contribution >= 4 is 40.8 Å². The van der Waals surface area contributed by atoms with E-state index < -0.39 is 6.04 Å². The molecule has 0 aromatic heterocycles. The van der Waals surface area contributed by atoms with Crippen LogP contribution in [0.15, 0.2) is 42.5 Å². The maximum absolute atomic E-state index is 12.6. The van der Waals surface area contributed by atoms with Gasteiger partial charge in [0.05, 0.1) is 0 Å². The first kappa shape index (κ1) is 20.5. The number of carbonyl (C=O) groups excluding carboxylic acids is 2. The average Bonchev–Trinajstić information content (AvgIpc) is 3.15. The summed E-state index contributed by atoms with van der Waals surface area (Å²) in [5, 5.41) is 6.95. The minimum atomic E-state index is -0.453. The van der Waals surface area contributed by atoms with Crippen molar-refractivity contribution in [3.63, 3.8) is 0 Å². The number of hydrogen-bond acceptors (Lipinski definition) is 2. The molecule has 2 aromatic carbocycles. The van der Waals surface area contributed by atoms with E-state index in [1.807, 2.05) is 37.3 Å². The van der Waals surface area contributed by atoms with Gasteiger partial charge in [0, 0.05) is 28.8 Å². The van der Waals surface area contributed by atoms with E-state index in [-0.39, 0.29) is 11.9 Å². The van der Waals surface area contributed by atoms with Gasteiger partial charge in [0.25, 0.3) is 0 Å². The second-order valence-electron chi connectivity index (χ2n) is 6.92. The van der Waals surface area contributed by atoms with Crippen molar-refractivity contribution in [2.75, 3.05) is 18.4 Å². The Morgan fingerprint density at radius 2 is 1.89 bits per heavy atom. The van der Waals surface area contributed by atoms with Gasteiger partial charge in [-0.25, -0.2) is 4.79 Å². The van der Waals surface area contributed by atoms with Gasteiger partial charge in [-0.05, 0) is 56.0 Å². The van der Waals surface area contributed by atoms with E-state index in [0.29, 0.717) is 36.0 Å². The van der Waals surface area contributed by atoms with Gasteiger partial charge in [0.1, 0.15) is 6.04 Å². The number of aryl methyl sites for hydroxylation is 1. The van der Waals surface area contributed by atoms with Crippen LogP contribution in [0.25, 0.3) is 0 Å². The second kappa shape index (κ2) is 9.30. The van der Waals surface area contributed by atoms with E-state index >= 15 is 0 Å². The molecule has 2 N–H and O–H groups in total. The summed E-state index contributed by atoms with van der Waals surface area (Å²) in [5.41, 5.74) is 2.77. The van der Waals surface area contributed by atoms with Crippen LogP contribution in [0.5, 0.6) is 0 Å². The summed E-state index contributed by atoms with van der Waals surface area (Å²) in [6.45, 7) is 3.01. The van der Waals surface area contributed by atoms with Gasteiger partial charge >= 0.3 is 6.03 Å². The zero-order valence-electron chi connectivity index (χ0n) is 15.7. The highest BCUT2D eigenvalue weighted by molar-refractivity contribution is 6.35. The Labute approximate surface area is 175 Å². The van der Waals surface area contributed by atoms with E-state index in [0.717, 1.165) is 23.2 Å². The molecule has 0 aliphatic carbocycles. The van der Waals surface area contributed by atoms with Crippen LogP contribution < -0.4 is 10.6 Å². The smallest absolute Gasteiger partial charge is 0.322 e. The highest BCUT2D eigenvalue weighted by Crippen LogP contribution is 2.22. The summed E-state index contributed by atoms with van der Waals surface area (Å²) < 4.78 is 0. The van der Waals surface area contributed by atoms with Crippen LogP contribution in [0.1, 0.15) is 24.0 Å². The fourth-order valence-electron chi connectivity index (χ4n) is 3.28. The van der Waals surface area contributed by atoms with E-state index in [2.05, 4.69) is 10.6 Å². The van der Waals surface area contributed by atoms with Crippen molar-refractivity contribution in [3.8, 4) is 0 Å². The molecule has 0 bridgehead atoms. The molecule has 0 radical (unpaired) electrons. The molecular weight excluding hydrogens is 397 g/mol. The fourth-order valence-corrected chi connectivity index (χ4v) is 3.78. The lowest BCUT2D eigenvalue weighted by Crippen LogP contribution is -2.47. The molecule has 148 valence electrons. The van der Waals surface area contributed by atoms with Crippen LogP contribution in [0.4, 0.5) is 10.5 Å². The zero-order chi connectivity index (χ0) is 20.1. The molecule has 0 saturated carbocycles. The highest BCUT2D eigenvalue weighted by Gasteiger charge is 2.33. The Bertz CT molecular complexity index is 855. The third kappa shape index (κ3) is 5.18. The third-order valence-electron chi connectivity index (χ3n) is 4.83. The molecule has 1 fully saturated rings. The number of likely N-dealkylation sites (tertiary alicyclic amines) is 1. The summed E-state index contributed by atoms with van der Waals surface area (Å²) >= 11 is 12.1. The number of amides is 3. The third-order valence-corrected chi connectivity index (χ3v) is 5.41. The van der Waals surface area contributed by atoms with Gasteiger partial charge in [-0.3, -0.25) is 4.79 Å². The van der Waals surface area contributed by atoms with Gasteiger partial charge < -0.3 is 15.5 Å². The first-order valence-electron chi connectivity index (χ1n) is 9.30. The molecule has 5 nitrogen and oxygen atoms in total. The Balaban J connectivity index is 1.53. The van der Waals surface area contributed by atoms with Crippen LogP contribution in [0, 0.1) is 6.92 Å². The monoisotopic (exact) mass is 419 g/mol. The van der Waals surface area contributed by atoms with E-state index in [4.69, 9.17) is 23.2 Å². The number of nitrogens with one attached hydrogen (secondary N) is 2. The molecule has 1 atom stereocenters. The first-order valence-corrected chi connectivity index (χ1v) is 10.1. The van der Waals surface area contributed by atoms with Gasteiger partial charge in [0.2, 0.25) is 5.91 Å². The number of benzene rings is 2. The molecule has 28 heavy (non-hydrogen) atoms. The molecule has 2 aromatic rings. The summed E-state index contributed by atoms with van der Waals surface area (Å²) in [5.74, 6) is -0.137. The van der Waals surface area contributed by atoms with Crippen molar-refractivity contribution in [2.24, 2.45) is 0 Å². The number of rotatable bonds is 5. The van der Waals surface area contributed by atoms with Crippen molar-refractivity contribution in [1.29, 1.82) is 0 Å². The SMILES string of the molecule is Cc1ccc(NC(=O)N2CCCC2C(=O)NCCc2ccc(Cl)cc2Cl)cc1. The second-order valence-corrected chi connectivity index (χ2v) is 7.77. The quantitative estimate of drug-likeness (QED) is 0.740. The minimum absolute atomic E-state index is 0.137. The van der Waals surface area contributed by atoms with Crippen molar-refractivity contribution in [2.45, 2.75) is 32.2 Å². The van der Waals surface area contributed by atoms with E-state index in [1.165, 1.54) is 0 Å². The van der Waals surface area contributed by atoms with Crippen molar-refractivity contribution in [1.82, 2.24) is 10.2 Å². The lowest BCUT2D eigenvalue weighted by molar-refractivity contribution is -0.124. The number of anilines is 1. The molecular formula is C21H23Cl2N3O2. The zero-order valence-corrected chi connectivity index (χ0v) is 17.2. The molecule has 7 heteroatoms. The lowest BCUT2D eigenvalue weighted by atomic mass is 10.1. The van der Waals surface area contributed by atoms with Crippen LogP contribution >= 0.6 is 23.2 Å². The van der Waals surface area contributed by atoms with Crippen LogP contribution in [-0.2, 0) is 11.2 Å². The average molecular weight is 420 g/mol. The molecule has 0 spiro atoms. The number of urea groups is 1. The number of halogens is 2. The molecule has 1 aliphatic rings. The largest absolute Gasteiger partial charge is 0.354 e. The predicted octanol–water partition coefficient (Wildman–Crippen LogP) is 4.66. The number of nitrogens with zero attached hydrogens (tertiary/aromatic N) is 1. The molecule has 1 unspecified atom stereocenters. The topological polar surface area (TPSA) is 61.4 Å². The van der Waals surface area contributed by atoms with Crippen LogP contribution in [0.2, 0.25) is 10.0 Å². The molecule has 3 amide bonds. The molecule has 1 saturated heterocycles. The van der Waals surface area contributed by atoms with Crippen LogP contribution in [0.3, 0.4) is 0 Å². The number of hydrogen-bond donors (Lipinski definition) is 2. The number of carbonyl (C=O) groups is 2. The summed E-state index contributed by atoms with van der Waals surface area (Å²) in [6, 6.07) is 12.2. The first-order chi connectivity index (χ1) is 13.4. The van der Waals surface area contributed by atoms with E-state index in [1.54, 1.807) is 17.0 Å². The van der Waals surface area contributed by atoms with Gasteiger partial charge in [-0.15, -0.1) is 0 Å². The molecule has 1 aliphatic heterocycles. The van der Waals surface area contributed by atoms with E-state index in [9.17, 15) is 9.59 Å². The summed E-state index contributed by atoms with van der Waals surface area (Å²) in [4.78, 5) is 26.8. The Morgan fingerprint density at radius 3 is 2.61 bits per heavy atom. The fraction of sp³-hybridized carbons (Fsp3) is 0.333. The van der Waals surface area contributed by atoms with Gasteiger partial charge in [-0.1, -0.05) is 47.0 Å². The molecule has 1 heterocycles. The minimum Gasteiger partial charge on any atom is -0.354 e. The Morgan fingerprint density at radius 1 is 1.14 bits per heavy atom. The Kier molecular flexibility index (Phi) is 6.81. The maximum Gasteiger partial charge on any atom is 0.322 e. The van der Waals surface area contributed by atoms with Crippen molar-refractivity contribution < 1.29 is 9.59 Å². The Hall–Kier alpha value is -2.24. The van der Waals surface area contributed by atoms with Gasteiger partial charge in [-0.2, -0.15) is 0 Å². The maximum atomic E-state index is 12.6.